The van der Waals surface area contributed by atoms with E-state index in [-0.39, 0.29) is 32.9 Å². The number of pyridine rings is 1. The number of nitrogens with one attached hydrogen (secondary N) is 1. The molecule has 0 saturated heterocycles. The van der Waals surface area contributed by atoms with Crippen LogP contribution in [-0.4, -0.2) is 41.3 Å². The number of fused-ring (bicyclic) bond motifs is 1. The van der Waals surface area contributed by atoms with Crippen molar-refractivity contribution in [3.8, 4) is 11.1 Å². The van der Waals surface area contributed by atoms with Crippen LogP contribution in [0.1, 0.15) is 38.5 Å². The fourth-order valence-electron chi connectivity index (χ4n) is 3.55. The number of nitrogens with two attached hydrogens (primary N) is 1. The van der Waals surface area contributed by atoms with Gasteiger partial charge in [0.15, 0.2) is 0 Å². The zero-order valence-corrected chi connectivity index (χ0v) is 19.7. The van der Waals surface area contributed by atoms with E-state index < -0.39 is 40.0 Å². The van der Waals surface area contributed by atoms with Gasteiger partial charge in [-0.2, -0.15) is 23.4 Å². The molecular weight excluding hydrogens is 505 g/mol. The number of halogens is 3. The molecule has 188 valence electrons. The van der Waals surface area contributed by atoms with Gasteiger partial charge in [-0.25, -0.2) is 4.98 Å². The van der Waals surface area contributed by atoms with Crippen LogP contribution in [0.2, 0.25) is 0 Å². The van der Waals surface area contributed by atoms with Crippen LogP contribution in [0.5, 0.6) is 0 Å². The first-order chi connectivity index (χ1) is 16.8. The van der Waals surface area contributed by atoms with Crippen LogP contribution in [0, 0.1) is 17.0 Å². The van der Waals surface area contributed by atoms with Gasteiger partial charge in [-0.1, -0.05) is 0 Å². The summed E-state index contributed by atoms with van der Waals surface area (Å²) >= 11 is 0.554. The summed E-state index contributed by atoms with van der Waals surface area (Å²) in [7, 11) is 1.59. The van der Waals surface area contributed by atoms with Gasteiger partial charge < -0.3 is 11.1 Å². The molecule has 0 aliphatic rings. The topological polar surface area (TPSA) is 164 Å². The molecule has 0 radical (unpaired) electrons. The number of aryl methyl sites for hydroxylation is 2. The van der Waals surface area contributed by atoms with Gasteiger partial charge in [-0.15, -0.1) is 11.3 Å². The number of rotatable bonds is 6. The summed E-state index contributed by atoms with van der Waals surface area (Å²) in [6.07, 6.45) is -2.41. The third kappa shape index (κ3) is 4.15. The summed E-state index contributed by atoms with van der Waals surface area (Å²) < 4.78 is 43.6. The molecule has 0 aliphatic heterocycles. The number of carbonyl (C=O) groups is 2. The molecule has 4 heterocycles. The van der Waals surface area contributed by atoms with Crippen LogP contribution in [0.15, 0.2) is 18.5 Å². The quantitative estimate of drug-likeness (QED) is 0.289. The molecule has 0 saturated carbocycles. The molecule has 0 unspecified atom stereocenters. The van der Waals surface area contributed by atoms with E-state index in [2.05, 4.69) is 20.5 Å². The summed E-state index contributed by atoms with van der Waals surface area (Å²) in [6.45, 7) is 3.52. The molecule has 0 spiro atoms. The van der Waals surface area contributed by atoms with Crippen molar-refractivity contribution in [2.24, 2.45) is 12.8 Å². The van der Waals surface area contributed by atoms with Crippen LogP contribution in [0.3, 0.4) is 0 Å². The highest BCUT2D eigenvalue weighted by molar-refractivity contribution is 7.21. The number of hydrogen-bond acceptors (Lipinski definition) is 8. The Morgan fingerprint density at radius 2 is 2.00 bits per heavy atom. The summed E-state index contributed by atoms with van der Waals surface area (Å²) in [5.41, 5.74) is 3.67. The highest BCUT2D eigenvalue weighted by Gasteiger charge is 2.36. The molecule has 16 heteroatoms. The molecule has 12 nitrogen and oxygen atoms in total. The van der Waals surface area contributed by atoms with Gasteiger partial charge in [0.1, 0.15) is 21.6 Å². The Kier molecular flexibility index (Phi) is 5.99. The lowest BCUT2D eigenvalue weighted by atomic mass is 10.0. The minimum Gasteiger partial charge on any atom is -0.365 e. The van der Waals surface area contributed by atoms with Gasteiger partial charge in [-0.3, -0.25) is 29.1 Å². The van der Waals surface area contributed by atoms with Gasteiger partial charge in [0.25, 0.3) is 11.8 Å². The van der Waals surface area contributed by atoms with E-state index >= 15 is 0 Å². The smallest absolute Gasteiger partial charge is 0.365 e. The number of aromatic nitrogens is 5. The van der Waals surface area contributed by atoms with E-state index in [1.807, 2.05) is 0 Å². The molecule has 0 aliphatic carbocycles. The zero-order chi connectivity index (χ0) is 26.5. The molecule has 4 aromatic heterocycles. The van der Waals surface area contributed by atoms with Gasteiger partial charge in [0.05, 0.1) is 16.8 Å². The molecule has 4 rings (SSSR count). The highest BCUT2D eigenvalue weighted by atomic mass is 32.1. The molecule has 0 bridgehead atoms. The molecule has 0 fully saturated rings. The predicted molar refractivity (Wildman–Crippen MR) is 123 cm³/mol. The lowest BCUT2D eigenvalue weighted by Gasteiger charge is -2.12. The third-order valence-electron chi connectivity index (χ3n) is 5.42. The predicted octanol–water partition coefficient (Wildman–Crippen LogP) is 3.50. The van der Waals surface area contributed by atoms with Crippen molar-refractivity contribution in [1.29, 1.82) is 0 Å². The van der Waals surface area contributed by atoms with E-state index in [1.54, 1.807) is 20.9 Å². The Labute approximate surface area is 203 Å². The van der Waals surface area contributed by atoms with Crippen LogP contribution >= 0.6 is 11.3 Å². The Morgan fingerprint density at radius 3 is 2.53 bits per heavy atom. The van der Waals surface area contributed by atoms with Crippen LogP contribution < -0.4 is 11.1 Å². The van der Waals surface area contributed by atoms with Crippen molar-refractivity contribution in [3.63, 3.8) is 0 Å². The average Bonchev–Trinajstić information content (AvgIpc) is 3.49. The van der Waals surface area contributed by atoms with Gasteiger partial charge >= 0.3 is 11.9 Å². The maximum absolute atomic E-state index is 13.7. The second-order valence-electron chi connectivity index (χ2n) is 7.60. The Morgan fingerprint density at radius 1 is 1.31 bits per heavy atom. The normalized spacial score (nSPS) is 11.7. The largest absolute Gasteiger partial charge is 0.433 e. The Balaban J connectivity index is 1.99. The number of hydrogen-bond donors (Lipinski definition) is 2. The highest BCUT2D eigenvalue weighted by Crippen LogP contribution is 2.44. The Bertz CT molecular complexity index is 1550. The van der Waals surface area contributed by atoms with Crippen LogP contribution in [0.25, 0.3) is 21.3 Å². The van der Waals surface area contributed by atoms with Gasteiger partial charge in [0, 0.05) is 30.2 Å². The number of thiophene rings is 1. The number of carbonyl (C=O) groups excluding carboxylic acids is 2. The number of amides is 2. The van der Waals surface area contributed by atoms with E-state index in [0.717, 1.165) is 12.3 Å². The fourth-order valence-corrected chi connectivity index (χ4v) is 4.56. The molecule has 36 heavy (non-hydrogen) atoms. The van der Waals surface area contributed by atoms with E-state index in [0.29, 0.717) is 22.6 Å². The van der Waals surface area contributed by atoms with Crippen molar-refractivity contribution in [2.75, 3.05) is 5.32 Å². The number of alkyl halides is 3. The van der Waals surface area contributed by atoms with Crippen molar-refractivity contribution in [1.82, 2.24) is 24.5 Å². The fraction of sp³-hybridized carbons (Fsp3) is 0.250. The van der Waals surface area contributed by atoms with Crippen molar-refractivity contribution < 1.29 is 27.7 Å². The zero-order valence-electron chi connectivity index (χ0n) is 18.9. The number of anilines is 1. The SMILES string of the molecule is CCn1cc([N+](=O)[O-])c(C(=O)Nc2c(C(N)=O)sc3nc(C(F)(F)F)cc(-c4cnn(C)c4C)c23)n1. The monoisotopic (exact) mass is 522 g/mol. The summed E-state index contributed by atoms with van der Waals surface area (Å²) in [5, 5.41) is 21.8. The van der Waals surface area contributed by atoms with Crippen LogP contribution in [0.4, 0.5) is 24.5 Å². The molecule has 4 aromatic rings. The molecule has 0 aromatic carbocycles. The second kappa shape index (κ2) is 8.71. The first-order valence-electron chi connectivity index (χ1n) is 10.2. The maximum atomic E-state index is 13.7. The van der Waals surface area contributed by atoms with Gasteiger partial charge in [-0.05, 0) is 25.5 Å². The summed E-state index contributed by atoms with van der Waals surface area (Å²) in [5.74, 6) is -2.09. The van der Waals surface area contributed by atoms with E-state index in [9.17, 15) is 32.9 Å². The lowest BCUT2D eigenvalue weighted by Crippen LogP contribution is -2.18. The number of nitrogens with zero attached hydrogens (tertiary/aromatic N) is 6. The average molecular weight is 522 g/mol. The molecule has 0 atom stereocenters. The van der Waals surface area contributed by atoms with Crippen LogP contribution in [-0.2, 0) is 19.8 Å². The number of nitro groups is 1. The molecule has 2 amide bonds. The minimum absolute atomic E-state index is 0.00354. The number of primary amides is 1. The first kappa shape index (κ1) is 24.8. The molecule has 3 N–H and O–H groups in total. The van der Waals surface area contributed by atoms with E-state index in [4.69, 9.17) is 5.73 Å². The molecular formula is C20H17F3N8O4S. The van der Waals surface area contributed by atoms with Crippen molar-refractivity contribution >= 4 is 44.7 Å². The first-order valence-corrected chi connectivity index (χ1v) is 11.0. The maximum Gasteiger partial charge on any atom is 0.433 e. The second-order valence-corrected chi connectivity index (χ2v) is 8.60. The summed E-state index contributed by atoms with van der Waals surface area (Å²) in [4.78, 5) is 39.1. The standard InChI is InChI=1S/C20H17F3N8O4S/c1-4-30-7-11(31(34)35)14(28-30)18(33)27-15-13-9(10-6-25-29(3)8(10)2)5-12(20(21,22)23)26-19(13)36-16(15)17(24)32/h5-7H,4H2,1-3H3,(H2,24,32)(H,27,33). The van der Waals surface area contributed by atoms with Gasteiger partial charge in [0.2, 0.25) is 5.69 Å². The van der Waals surface area contributed by atoms with E-state index in [1.165, 1.54) is 15.6 Å². The summed E-state index contributed by atoms with van der Waals surface area (Å²) in [6, 6.07) is 0.785. The minimum atomic E-state index is -4.81. The van der Waals surface area contributed by atoms with Crippen molar-refractivity contribution in [2.45, 2.75) is 26.6 Å². The Hall–Kier alpha value is -4.34. The lowest BCUT2D eigenvalue weighted by molar-refractivity contribution is -0.385. The third-order valence-corrected chi connectivity index (χ3v) is 6.52. The van der Waals surface area contributed by atoms with Crippen molar-refractivity contribution in [3.05, 3.63) is 50.5 Å².